The van der Waals surface area contributed by atoms with Crippen molar-refractivity contribution >= 4 is 0 Å². The van der Waals surface area contributed by atoms with Gasteiger partial charge >= 0.3 is 0 Å². The van der Waals surface area contributed by atoms with E-state index in [1.54, 1.807) is 0 Å². The molecule has 1 aromatic heterocycles. The highest BCUT2D eigenvalue weighted by molar-refractivity contribution is 4.93. The highest BCUT2D eigenvalue weighted by atomic mass is 16.5. The number of rotatable bonds is 6. The summed E-state index contributed by atoms with van der Waals surface area (Å²) >= 11 is 0. The first kappa shape index (κ1) is 17.8. The zero-order valence-corrected chi connectivity index (χ0v) is 15.0. The molecule has 24 heavy (non-hydrogen) atoms. The Hall–Kier alpha value is -0.990. The molecular formula is C17H31N5O2. The standard InChI is InChI=1S/C17H31N5O2/c1-15-11-21(13-16(23)12-20-7-9-24-10-8-20)5-6-22(15)14-17-18-3-4-19(17)2/h3-4,15-16,23H,5-14H2,1-2H3/t15-,16+/m1/s1. The van der Waals surface area contributed by atoms with Crippen molar-refractivity contribution in [3.63, 3.8) is 0 Å². The molecule has 0 radical (unpaired) electrons. The Morgan fingerprint density at radius 3 is 2.62 bits per heavy atom. The van der Waals surface area contributed by atoms with E-state index in [9.17, 15) is 5.11 Å². The first-order valence-electron chi connectivity index (χ1n) is 9.02. The smallest absolute Gasteiger partial charge is 0.122 e. The van der Waals surface area contributed by atoms with Crippen LogP contribution < -0.4 is 0 Å². The monoisotopic (exact) mass is 337 g/mol. The van der Waals surface area contributed by atoms with Crippen molar-refractivity contribution < 1.29 is 9.84 Å². The van der Waals surface area contributed by atoms with Gasteiger partial charge in [0.25, 0.3) is 0 Å². The lowest BCUT2D eigenvalue weighted by molar-refractivity contribution is -0.00330. The number of ether oxygens (including phenoxy) is 1. The quantitative estimate of drug-likeness (QED) is 0.764. The lowest BCUT2D eigenvalue weighted by Gasteiger charge is -2.40. The number of hydrogen-bond donors (Lipinski definition) is 1. The molecule has 0 aromatic carbocycles. The summed E-state index contributed by atoms with van der Waals surface area (Å²) in [6.45, 7) is 11.2. The van der Waals surface area contributed by atoms with Crippen LogP contribution in [0.3, 0.4) is 0 Å². The van der Waals surface area contributed by atoms with E-state index in [1.165, 1.54) is 0 Å². The summed E-state index contributed by atoms with van der Waals surface area (Å²) in [6.07, 6.45) is 3.58. The molecule has 0 bridgehead atoms. The molecule has 3 heterocycles. The average molecular weight is 337 g/mol. The van der Waals surface area contributed by atoms with E-state index in [0.29, 0.717) is 6.04 Å². The van der Waals surface area contributed by atoms with Gasteiger partial charge in [-0.15, -0.1) is 0 Å². The number of nitrogens with zero attached hydrogens (tertiary/aromatic N) is 5. The van der Waals surface area contributed by atoms with E-state index in [0.717, 1.165) is 71.4 Å². The Bertz CT molecular complexity index is 503. The van der Waals surface area contributed by atoms with E-state index >= 15 is 0 Å². The van der Waals surface area contributed by atoms with Gasteiger partial charge in [-0.05, 0) is 6.92 Å². The van der Waals surface area contributed by atoms with Gasteiger partial charge in [-0.1, -0.05) is 0 Å². The molecule has 0 spiro atoms. The molecule has 0 amide bonds. The van der Waals surface area contributed by atoms with Crippen LogP contribution in [-0.4, -0.2) is 101 Å². The van der Waals surface area contributed by atoms with Crippen LogP contribution in [0.15, 0.2) is 12.4 Å². The Morgan fingerprint density at radius 1 is 1.21 bits per heavy atom. The Labute approximate surface area is 144 Å². The van der Waals surface area contributed by atoms with Crippen LogP contribution in [0.1, 0.15) is 12.7 Å². The Kier molecular flexibility index (Phi) is 6.24. The third-order valence-electron chi connectivity index (χ3n) is 5.16. The lowest BCUT2D eigenvalue weighted by Crippen LogP contribution is -2.54. The third kappa shape index (κ3) is 4.77. The molecule has 2 aliphatic heterocycles. The fourth-order valence-corrected chi connectivity index (χ4v) is 3.64. The molecule has 7 nitrogen and oxygen atoms in total. The van der Waals surface area contributed by atoms with Gasteiger partial charge in [-0.25, -0.2) is 4.98 Å². The predicted octanol–water partition coefficient (Wildman–Crippen LogP) is -0.381. The van der Waals surface area contributed by atoms with Gasteiger partial charge in [0, 0.05) is 71.3 Å². The van der Waals surface area contributed by atoms with Gasteiger partial charge in [0.15, 0.2) is 0 Å². The fourth-order valence-electron chi connectivity index (χ4n) is 3.64. The molecule has 2 saturated heterocycles. The lowest BCUT2D eigenvalue weighted by atomic mass is 10.1. The largest absolute Gasteiger partial charge is 0.390 e. The molecule has 0 aliphatic carbocycles. The summed E-state index contributed by atoms with van der Waals surface area (Å²) in [5, 5.41) is 10.4. The van der Waals surface area contributed by atoms with Crippen LogP contribution in [0.5, 0.6) is 0 Å². The van der Waals surface area contributed by atoms with E-state index in [1.807, 2.05) is 19.4 Å². The number of aliphatic hydroxyl groups excluding tert-OH is 1. The summed E-state index contributed by atoms with van der Waals surface area (Å²) in [5.41, 5.74) is 0. The van der Waals surface area contributed by atoms with Gasteiger partial charge in [-0.2, -0.15) is 0 Å². The zero-order valence-electron chi connectivity index (χ0n) is 15.0. The van der Waals surface area contributed by atoms with Crippen molar-refractivity contribution in [2.75, 3.05) is 59.0 Å². The number of piperazine rings is 1. The van der Waals surface area contributed by atoms with Gasteiger partial charge in [0.2, 0.25) is 0 Å². The fraction of sp³-hybridized carbons (Fsp3) is 0.824. The molecular weight excluding hydrogens is 306 g/mol. The molecule has 1 N–H and O–H groups in total. The topological polar surface area (TPSA) is 57.0 Å². The summed E-state index contributed by atoms with van der Waals surface area (Å²) in [5.74, 6) is 1.11. The van der Waals surface area contributed by atoms with Crippen molar-refractivity contribution in [3.05, 3.63) is 18.2 Å². The van der Waals surface area contributed by atoms with Crippen LogP contribution in [-0.2, 0) is 18.3 Å². The van der Waals surface area contributed by atoms with Crippen LogP contribution in [0.2, 0.25) is 0 Å². The van der Waals surface area contributed by atoms with Crippen LogP contribution in [0.25, 0.3) is 0 Å². The molecule has 0 saturated carbocycles. The number of β-amino-alcohol motifs (C(OH)–C–C–N with tert-alkyl or cyclic N) is 1. The maximum Gasteiger partial charge on any atom is 0.122 e. The van der Waals surface area contributed by atoms with E-state index in [4.69, 9.17) is 4.74 Å². The predicted molar refractivity (Wildman–Crippen MR) is 92.8 cm³/mol. The van der Waals surface area contributed by atoms with Crippen molar-refractivity contribution in [3.8, 4) is 0 Å². The molecule has 2 atom stereocenters. The molecule has 7 heteroatoms. The van der Waals surface area contributed by atoms with Crippen LogP contribution in [0.4, 0.5) is 0 Å². The minimum atomic E-state index is -0.281. The van der Waals surface area contributed by atoms with Gasteiger partial charge in [0.05, 0.1) is 25.9 Å². The van der Waals surface area contributed by atoms with E-state index < -0.39 is 0 Å². The van der Waals surface area contributed by atoms with Crippen LogP contribution >= 0.6 is 0 Å². The normalized spacial score (nSPS) is 25.9. The second kappa shape index (κ2) is 8.40. The van der Waals surface area contributed by atoms with Crippen LogP contribution in [0, 0.1) is 0 Å². The Morgan fingerprint density at radius 2 is 1.96 bits per heavy atom. The highest BCUT2D eigenvalue weighted by Gasteiger charge is 2.26. The maximum absolute atomic E-state index is 10.4. The first-order valence-corrected chi connectivity index (χ1v) is 9.02. The summed E-state index contributed by atoms with van der Waals surface area (Å²) in [7, 11) is 2.05. The zero-order chi connectivity index (χ0) is 16.9. The van der Waals surface area contributed by atoms with E-state index in [2.05, 4.69) is 31.2 Å². The second-order valence-corrected chi connectivity index (χ2v) is 7.10. The minimum absolute atomic E-state index is 0.281. The van der Waals surface area contributed by atoms with Crippen molar-refractivity contribution in [2.45, 2.75) is 25.6 Å². The average Bonchev–Trinajstić information content (AvgIpc) is 2.96. The van der Waals surface area contributed by atoms with Gasteiger partial charge < -0.3 is 14.4 Å². The van der Waals surface area contributed by atoms with Crippen molar-refractivity contribution in [1.29, 1.82) is 0 Å². The van der Waals surface area contributed by atoms with Gasteiger partial charge in [-0.3, -0.25) is 14.7 Å². The number of hydrogen-bond acceptors (Lipinski definition) is 6. The first-order chi connectivity index (χ1) is 11.6. The van der Waals surface area contributed by atoms with E-state index in [-0.39, 0.29) is 6.10 Å². The SMILES string of the molecule is C[C@@H]1CN(C[C@@H](O)CN2CCOCC2)CCN1Cc1nccn1C. The Balaban J connectivity index is 1.42. The van der Waals surface area contributed by atoms with Gasteiger partial charge in [0.1, 0.15) is 5.82 Å². The molecule has 2 aliphatic rings. The summed E-state index contributed by atoms with van der Waals surface area (Å²) in [4.78, 5) is 11.6. The number of aliphatic hydroxyl groups is 1. The number of imidazole rings is 1. The third-order valence-corrected chi connectivity index (χ3v) is 5.16. The highest BCUT2D eigenvalue weighted by Crippen LogP contribution is 2.13. The second-order valence-electron chi connectivity index (χ2n) is 7.10. The molecule has 0 unspecified atom stereocenters. The molecule has 1 aromatic rings. The number of morpholine rings is 1. The minimum Gasteiger partial charge on any atom is -0.390 e. The molecule has 3 rings (SSSR count). The maximum atomic E-state index is 10.4. The van der Waals surface area contributed by atoms with Crippen molar-refractivity contribution in [1.82, 2.24) is 24.3 Å². The molecule has 2 fully saturated rings. The molecule has 136 valence electrons. The number of aromatic nitrogens is 2. The summed E-state index contributed by atoms with van der Waals surface area (Å²) in [6, 6.07) is 0.478. The number of aryl methyl sites for hydroxylation is 1. The summed E-state index contributed by atoms with van der Waals surface area (Å²) < 4.78 is 7.45. The van der Waals surface area contributed by atoms with Crippen molar-refractivity contribution in [2.24, 2.45) is 7.05 Å².